The van der Waals surface area contributed by atoms with E-state index in [4.69, 9.17) is 0 Å². The van der Waals surface area contributed by atoms with Crippen molar-refractivity contribution in [2.75, 3.05) is 30.8 Å². The van der Waals surface area contributed by atoms with Gasteiger partial charge >= 0.3 is 0 Å². The van der Waals surface area contributed by atoms with Gasteiger partial charge in [-0.3, -0.25) is 4.40 Å². The second-order valence-electron chi connectivity index (χ2n) is 7.31. The smallest absolute Gasteiger partial charge is 0.281 e. The molecule has 3 aromatic rings. The number of piperidine rings is 1. The van der Waals surface area contributed by atoms with Crippen LogP contribution in [0.15, 0.2) is 30.9 Å². The number of imidazole rings is 1. The molecule has 30 heavy (non-hydrogen) atoms. The van der Waals surface area contributed by atoms with E-state index in [0.29, 0.717) is 23.1 Å². The molecule has 2 atom stereocenters. The lowest BCUT2D eigenvalue weighted by molar-refractivity contribution is 0.145. The number of hydrogen-bond donors (Lipinski definition) is 1. The summed E-state index contributed by atoms with van der Waals surface area (Å²) in [6.07, 6.45) is 7.95. The lowest BCUT2D eigenvalue weighted by Crippen LogP contribution is -2.37. The Kier molecular flexibility index (Phi) is 6.40. The molecule has 1 fully saturated rings. The van der Waals surface area contributed by atoms with E-state index < -0.39 is 17.8 Å². The number of rotatable bonds is 7. The first-order valence-corrected chi connectivity index (χ1v) is 11.3. The van der Waals surface area contributed by atoms with Crippen molar-refractivity contribution in [1.29, 1.82) is 0 Å². The Hall–Kier alpha value is -2.37. The van der Waals surface area contributed by atoms with E-state index in [0.717, 1.165) is 44.7 Å². The van der Waals surface area contributed by atoms with Crippen LogP contribution in [0.5, 0.6) is 0 Å². The highest BCUT2D eigenvalue weighted by Crippen LogP contribution is 2.26. The van der Waals surface area contributed by atoms with Crippen molar-refractivity contribution >= 4 is 22.8 Å². The van der Waals surface area contributed by atoms with Gasteiger partial charge < -0.3 is 9.45 Å². The Labute approximate surface area is 176 Å². The Morgan fingerprint density at radius 3 is 2.97 bits per heavy atom. The molecular weight excluding hydrogens is 412 g/mol. The Bertz CT molecular complexity index is 1000. The minimum absolute atomic E-state index is 0.321. The molecule has 1 saturated heterocycles. The summed E-state index contributed by atoms with van der Waals surface area (Å²) in [5.74, 6) is 1.72. The van der Waals surface area contributed by atoms with Crippen LogP contribution >= 0.6 is 0 Å². The van der Waals surface area contributed by atoms with E-state index in [9.17, 15) is 13.3 Å². The van der Waals surface area contributed by atoms with Gasteiger partial charge in [0.15, 0.2) is 11.5 Å². The molecule has 4 rings (SSSR count). The molecule has 1 aliphatic rings. The van der Waals surface area contributed by atoms with Crippen LogP contribution in [0.1, 0.15) is 31.4 Å². The SMILES string of the molecule is C[S+]([O-])NCCC1CCCN(c2ccnc(-c3cnc4cnc(C(F)F)cn34)n2)C1. The number of anilines is 1. The van der Waals surface area contributed by atoms with Crippen LogP contribution in [-0.4, -0.2) is 54.8 Å². The lowest BCUT2D eigenvalue weighted by Gasteiger charge is -2.33. The molecule has 4 heterocycles. The Morgan fingerprint density at radius 2 is 2.17 bits per heavy atom. The second kappa shape index (κ2) is 9.19. The normalized spacial score (nSPS) is 18.3. The predicted octanol–water partition coefficient (Wildman–Crippen LogP) is 2.61. The number of nitrogens with one attached hydrogen (secondary N) is 1. The average molecular weight is 436 g/mol. The molecule has 0 saturated carbocycles. The zero-order valence-corrected chi connectivity index (χ0v) is 17.4. The van der Waals surface area contributed by atoms with Crippen molar-refractivity contribution in [3.63, 3.8) is 0 Å². The predicted molar refractivity (Wildman–Crippen MR) is 111 cm³/mol. The van der Waals surface area contributed by atoms with Gasteiger partial charge in [0.1, 0.15) is 23.5 Å². The van der Waals surface area contributed by atoms with Gasteiger partial charge in [0, 0.05) is 43.4 Å². The molecule has 2 unspecified atom stereocenters. The molecular formula is C19H23F2N7OS. The standard InChI is InChI=1S/C19H23F2N7OS/c1-30(29)25-7-4-13-3-2-8-27(11-13)16-5-6-22-19(26-16)15-9-24-17-10-23-14(18(20)21)12-28(15)17/h5-6,9-10,12-13,18,25H,2-4,7-8,11H2,1H3. The highest BCUT2D eigenvalue weighted by atomic mass is 32.2. The molecule has 1 aliphatic heterocycles. The maximum Gasteiger partial charge on any atom is 0.281 e. The summed E-state index contributed by atoms with van der Waals surface area (Å²) in [4.78, 5) is 19.2. The molecule has 0 aromatic carbocycles. The maximum absolute atomic E-state index is 13.1. The fourth-order valence-corrected chi connectivity index (χ4v) is 4.15. The maximum atomic E-state index is 13.1. The molecule has 0 spiro atoms. The van der Waals surface area contributed by atoms with Gasteiger partial charge in [-0.15, -0.1) is 4.72 Å². The van der Waals surface area contributed by atoms with E-state index in [2.05, 4.69) is 29.6 Å². The minimum Gasteiger partial charge on any atom is -0.598 e. The van der Waals surface area contributed by atoms with Gasteiger partial charge in [-0.1, -0.05) is 0 Å². The zero-order chi connectivity index (χ0) is 21.1. The van der Waals surface area contributed by atoms with Crippen molar-refractivity contribution in [2.45, 2.75) is 25.7 Å². The van der Waals surface area contributed by atoms with Gasteiger partial charge in [0.05, 0.1) is 12.4 Å². The number of fused-ring (bicyclic) bond motifs is 1. The number of hydrogen-bond acceptors (Lipinski definition) is 7. The van der Waals surface area contributed by atoms with Gasteiger partial charge in [-0.05, 0) is 31.2 Å². The molecule has 160 valence electrons. The van der Waals surface area contributed by atoms with Crippen LogP contribution in [0, 0.1) is 5.92 Å². The van der Waals surface area contributed by atoms with Crippen molar-refractivity contribution < 1.29 is 13.3 Å². The number of nitrogens with zero attached hydrogens (tertiary/aromatic N) is 6. The van der Waals surface area contributed by atoms with Crippen LogP contribution in [-0.2, 0) is 11.4 Å². The summed E-state index contributed by atoms with van der Waals surface area (Å²) in [5.41, 5.74) is 0.681. The van der Waals surface area contributed by atoms with E-state index in [1.807, 2.05) is 6.07 Å². The van der Waals surface area contributed by atoms with Crippen LogP contribution in [0.25, 0.3) is 17.2 Å². The van der Waals surface area contributed by atoms with Crippen LogP contribution in [0.2, 0.25) is 0 Å². The Balaban J connectivity index is 1.54. The summed E-state index contributed by atoms with van der Waals surface area (Å²) in [6, 6.07) is 1.86. The van der Waals surface area contributed by atoms with Gasteiger partial charge in [0.2, 0.25) is 0 Å². The number of alkyl halides is 2. The summed E-state index contributed by atoms with van der Waals surface area (Å²) < 4.78 is 41.8. The largest absolute Gasteiger partial charge is 0.598 e. The highest BCUT2D eigenvalue weighted by molar-refractivity contribution is 7.88. The summed E-state index contributed by atoms with van der Waals surface area (Å²) in [5, 5.41) is 0. The summed E-state index contributed by atoms with van der Waals surface area (Å²) in [7, 11) is 0. The Morgan fingerprint density at radius 1 is 1.30 bits per heavy atom. The third kappa shape index (κ3) is 4.68. The molecule has 11 heteroatoms. The summed E-state index contributed by atoms with van der Waals surface area (Å²) >= 11 is -0.995. The first kappa shape index (κ1) is 20.9. The molecule has 0 amide bonds. The van der Waals surface area contributed by atoms with E-state index in [1.54, 1.807) is 23.1 Å². The second-order valence-corrected chi connectivity index (χ2v) is 8.51. The zero-order valence-electron chi connectivity index (χ0n) is 16.5. The quantitative estimate of drug-likeness (QED) is 0.570. The van der Waals surface area contributed by atoms with E-state index in [1.165, 1.54) is 12.4 Å². The minimum atomic E-state index is -2.66. The first-order chi connectivity index (χ1) is 14.5. The van der Waals surface area contributed by atoms with Crippen molar-refractivity contribution in [2.24, 2.45) is 5.92 Å². The fraction of sp³-hybridized carbons (Fsp3) is 0.474. The topological polar surface area (TPSA) is 94.3 Å². The summed E-state index contributed by atoms with van der Waals surface area (Å²) in [6.45, 7) is 2.48. The van der Waals surface area contributed by atoms with Crippen LogP contribution < -0.4 is 9.62 Å². The lowest BCUT2D eigenvalue weighted by atomic mass is 9.95. The molecule has 0 aliphatic carbocycles. The third-order valence-electron chi connectivity index (χ3n) is 5.21. The van der Waals surface area contributed by atoms with E-state index >= 15 is 0 Å². The monoisotopic (exact) mass is 435 g/mol. The van der Waals surface area contributed by atoms with E-state index in [-0.39, 0.29) is 5.69 Å². The van der Waals surface area contributed by atoms with Gasteiger partial charge in [-0.25, -0.2) is 28.7 Å². The van der Waals surface area contributed by atoms with Crippen molar-refractivity contribution in [3.8, 4) is 11.5 Å². The first-order valence-electron chi connectivity index (χ1n) is 9.77. The van der Waals surface area contributed by atoms with Gasteiger partial charge in [0.25, 0.3) is 6.43 Å². The van der Waals surface area contributed by atoms with Crippen LogP contribution in [0.4, 0.5) is 14.6 Å². The van der Waals surface area contributed by atoms with Crippen molar-refractivity contribution in [1.82, 2.24) is 29.1 Å². The molecule has 0 bridgehead atoms. The average Bonchev–Trinajstić information content (AvgIpc) is 3.17. The molecule has 3 aromatic heterocycles. The highest BCUT2D eigenvalue weighted by Gasteiger charge is 2.22. The third-order valence-corrected chi connectivity index (χ3v) is 5.82. The molecule has 8 nitrogen and oxygen atoms in total. The number of aromatic nitrogens is 5. The molecule has 1 N–H and O–H groups in total. The number of halogens is 2. The van der Waals surface area contributed by atoms with Crippen LogP contribution in [0.3, 0.4) is 0 Å². The fourth-order valence-electron chi connectivity index (χ4n) is 3.75. The molecule has 0 radical (unpaired) electrons. The van der Waals surface area contributed by atoms with Gasteiger partial charge in [-0.2, -0.15) is 0 Å². The van der Waals surface area contributed by atoms with Crippen molar-refractivity contribution in [3.05, 3.63) is 36.5 Å².